The maximum absolute atomic E-state index is 12.6. The minimum Gasteiger partial charge on any atom is -0.444 e. The maximum Gasteiger partial charge on any atom is 0.407 e. The lowest BCUT2D eigenvalue weighted by Crippen LogP contribution is -2.60. The first kappa shape index (κ1) is 25.4. The fourth-order valence-electron chi connectivity index (χ4n) is 10.3. The van der Waals surface area contributed by atoms with Crippen molar-refractivity contribution in [3.63, 3.8) is 0 Å². The van der Waals surface area contributed by atoms with Crippen molar-refractivity contribution in [3.05, 3.63) is 11.8 Å². The van der Waals surface area contributed by atoms with E-state index >= 15 is 0 Å². The number of anilines is 2. The maximum atomic E-state index is 12.6. The van der Waals surface area contributed by atoms with Gasteiger partial charge < -0.3 is 20.7 Å². The van der Waals surface area contributed by atoms with Crippen LogP contribution in [0.2, 0.25) is 0 Å². The van der Waals surface area contributed by atoms with Crippen LogP contribution < -0.4 is 16.0 Å². The van der Waals surface area contributed by atoms with Gasteiger partial charge in [0, 0.05) is 18.6 Å². The van der Waals surface area contributed by atoms with Gasteiger partial charge in [-0.2, -0.15) is 10.2 Å². The zero-order valence-electron chi connectivity index (χ0n) is 23.7. The number of carbonyl (C=O) groups is 1. The van der Waals surface area contributed by atoms with E-state index in [2.05, 4.69) is 27.0 Å². The second kappa shape index (κ2) is 9.24. The number of alkyl carbamates (subject to hydrolysis) is 1. The average molecular weight is 533 g/mol. The highest BCUT2D eigenvalue weighted by Gasteiger charge is 2.56. The van der Waals surface area contributed by atoms with Crippen LogP contribution in [-0.4, -0.2) is 40.3 Å². The molecule has 8 aliphatic carbocycles. The minimum atomic E-state index is -0.485. The van der Waals surface area contributed by atoms with E-state index in [1.807, 2.05) is 20.8 Å². The molecule has 210 valence electrons. The second-order valence-corrected chi connectivity index (χ2v) is 15.2. The van der Waals surface area contributed by atoms with Crippen molar-refractivity contribution < 1.29 is 9.53 Å². The summed E-state index contributed by atoms with van der Waals surface area (Å²) in [4.78, 5) is 22.0. The number of amides is 1. The van der Waals surface area contributed by atoms with E-state index in [0.29, 0.717) is 35.2 Å². The summed E-state index contributed by atoms with van der Waals surface area (Å²) < 4.78 is 5.58. The molecule has 8 fully saturated rings. The van der Waals surface area contributed by atoms with Crippen LogP contribution in [0.1, 0.15) is 90.5 Å². The Bertz CT molecular complexity index is 1130. The monoisotopic (exact) mass is 532 g/mol. The lowest BCUT2D eigenvalue weighted by Gasteiger charge is -2.60. The van der Waals surface area contributed by atoms with E-state index in [1.54, 1.807) is 6.20 Å². The summed E-state index contributed by atoms with van der Waals surface area (Å²) in [7, 11) is 0. The van der Waals surface area contributed by atoms with Crippen LogP contribution in [-0.2, 0) is 4.74 Å². The number of ether oxygens (including phenoxy) is 1. The largest absolute Gasteiger partial charge is 0.444 e. The molecule has 1 amide bonds. The Balaban J connectivity index is 1.02. The van der Waals surface area contributed by atoms with E-state index in [0.717, 1.165) is 49.0 Å². The van der Waals surface area contributed by atoms with Crippen molar-refractivity contribution in [2.24, 2.45) is 46.8 Å². The molecule has 1 aromatic rings. The lowest BCUT2D eigenvalue weighted by atomic mass is 9.48. The first-order chi connectivity index (χ1) is 18.6. The van der Waals surface area contributed by atoms with Crippen LogP contribution in [0, 0.1) is 58.2 Å². The van der Waals surface area contributed by atoms with Crippen LogP contribution in [0.15, 0.2) is 6.20 Å². The number of nitrogens with one attached hydrogen (secondary N) is 3. The predicted molar refractivity (Wildman–Crippen MR) is 149 cm³/mol. The fourth-order valence-corrected chi connectivity index (χ4v) is 10.3. The highest BCUT2D eigenvalue weighted by atomic mass is 16.6. The second-order valence-electron chi connectivity index (χ2n) is 15.2. The number of nitrogens with zero attached hydrogens (tertiary/aromatic N) is 3. The normalized spacial score (nSPS) is 41.2. The molecule has 0 saturated heterocycles. The average Bonchev–Trinajstić information content (AvgIpc) is 2.85. The minimum absolute atomic E-state index is 0.190. The van der Waals surface area contributed by atoms with Gasteiger partial charge >= 0.3 is 6.09 Å². The van der Waals surface area contributed by atoms with Crippen molar-refractivity contribution in [1.29, 1.82) is 5.26 Å². The van der Waals surface area contributed by atoms with Crippen molar-refractivity contribution in [1.82, 2.24) is 15.3 Å². The van der Waals surface area contributed by atoms with Gasteiger partial charge in [-0.1, -0.05) is 0 Å². The van der Waals surface area contributed by atoms with Gasteiger partial charge in [-0.25, -0.2) is 9.78 Å². The Morgan fingerprint density at radius 1 is 0.974 bits per heavy atom. The molecule has 0 aliphatic heterocycles. The molecular formula is C31H44N6O2. The third kappa shape index (κ3) is 4.85. The van der Waals surface area contributed by atoms with Crippen molar-refractivity contribution in [3.8, 4) is 6.07 Å². The Hall–Kier alpha value is -2.56. The molecule has 39 heavy (non-hydrogen) atoms. The van der Waals surface area contributed by atoms with E-state index in [4.69, 9.17) is 9.72 Å². The molecule has 3 unspecified atom stereocenters. The Morgan fingerprint density at radius 2 is 1.62 bits per heavy atom. The van der Waals surface area contributed by atoms with Crippen LogP contribution in [0.5, 0.6) is 0 Å². The molecular weight excluding hydrogens is 488 g/mol. The van der Waals surface area contributed by atoms with Gasteiger partial charge in [0.05, 0.1) is 6.20 Å². The first-order valence-corrected chi connectivity index (χ1v) is 15.4. The third-order valence-electron chi connectivity index (χ3n) is 11.1. The fraction of sp³-hybridized carbons (Fsp3) is 0.806. The van der Waals surface area contributed by atoms with E-state index < -0.39 is 5.60 Å². The molecule has 0 radical (unpaired) electrons. The van der Waals surface area contributed by atoms with Gasteiger partial charge in [0.25, 0.3) is 0 Å². The van der Waals surface area contributed by atoms with Crippen LogP contribution >= 0.6 is 0 Å². The topological polar surface area (TPSA) is 112 Å². The molecule has 0 aromatic carbocycles. The molecule has 1 heterocycles. The summed E-state index contributed by atoms with van der Waals surface area (Å²) in [6.07, 6.45) is 14.0. The van der Waals surface area contributed by atoms with Crippen LogP contribution in [0.3, 0.4) is 0 Å². The molecule has 0 spiro atoms. The highest BCUT2D eigenvalue weighted by molar-refractivity contribution is 5.68. The van der Waals surface area contributed by atoms with Gasteiger partial charge in [-0.3, -0.25) is 0 Å². The third-order valence-corrected chi connectivity index (χ3v) is 11.1. The molecule has 8 aliphatic rings. The number of carbonyl (C=O) groups excluding carboxylic acids is 1. The Morgan fingerprint density at radius 3 is 2.23 bits per heavy atom. The van der Waals surface area contributed by atoms with E-state index in [-0.39, 0.29) is 17.6 Å². The van der Waals surface area contributed by atoms with Gasteiger partial charge in [-0.05, 0) is 132 Å². The SMILES string of the molecule is CC(C)(C)OC(=O)NC1[C@@H]2CC3C[C@H]1CC(CNc1nc(NC4C5CC6CC(C5)CC4C6)ncc1C#N)(C3)C2. The summed E-state index contributed by atoms with van der Waals surface area (Å²) in [6.45, 7) is 6.56. The molecule has 9 rings (SSSR count). The quantitative estimate of drug-likeness (QED) is 0.430. The first-order valence-electron chi connectivity index (χ1n) is 15.4. The standard InChI is InChI=1S/C31H44N6O2/c1-30(2,3)39-29(38)36-26-22-9-19-10-23(26)13-31(11-19,12-22)16-34-27-24(14-32)15-33-28(37-27)35-25-20-5-17-4-18(7-20)8-21(25)6-17/h15,17-23,25-26H,4-13,16H2,1-3H3,(H,36,38)(H2,33,34,35,37)/t17?,18?,19?,20?,21?,22-,23+,25?,26?,31?. The molecule has 3 N–H and O–H groups in total. The predicted octanol–water partition coefficient (Wildman–Crippen LogP) is 5.72. The number of hydrogen-bond acceptors (Lipinski definition) is 7. The number of aromatic nitrogens is 2. The number of nitriles is 1. The number of rotatable bonds is 6. The zero-order chi connectivity index (χ0) is 26.9. The molecule has 8 nitrogen and oxygen atoms in total. The number of hydrogen-bond donors (Lipinski definition) is 3. The van der Waals surface area contributed by atoms with Gasteiger partial charge in [0.2, 0.25) is 5.95 Å². The van der Waals surface area contributed by atoms with Crippen LogP contribution in [0.4, 0.5) is 16.6 Å². The van der Waals surface area contributed by atoms with Gasteiger partial charge in [0.15, 0.2) is 0 Å². The summed E-state index contributed by atoms with van der Waals surface area (Å²) in [6, 6.07) is 2.98. The molecule has 8 bridgehead atoms. The van der Waals surface area contributed by atoms with Gasteiger partial charge in [0.1, 0.15) is 23.1 Å². The summed E-state index contributed by atoms with van der Waals surface area (Å²) in [5.74, 6) is 6.38. The molecule has 1 aromatic heterocycles. The molecule has 8 saturated carbocycles. The zero-order valence-corrected chi connectivity index (χ0v) is 23.7. The van der Waals surface area contributed by atoms with Crippen molar-refractivity contribution in [2.75, 3.05) is 17.2 Å². The Kier molecular flexibility index (Phi) is 6.02. The highest BCUT2D eigenvalue weighted by Crippen LogP contribution is 2.60. The van der Waals surface area contributed by atoms with Crippen molar-refractivity contribution in [2.45, 2.75) is 103 Å². The van der Waals surface area contributed by atoms with E-state index in [1.165, 1.54) is 51.4 Å². The van der Waals surface area contributed by atoms with Gasteiger partial charge in [-0.15, -0.1) is 0 Å². The summed E-state index contributed by atoms with van der Waals surface area (Å²) >= 11 is 0. The molecule has 8 heteroatoms. The smallest absolute Gasteiger partial charge is 0.407 e. The summed E-state index contributed by atoms with van der Waals surface area (Å²) in [5.41, 5.74) is 0.218. The Labute approximate surface area is 232 Å². The van der Waals surface area contributed by atoms with Crippen molar-refractivity contribution >= 4 is 17.9 Å². The lowest BCUT2D eigenvalue weighted by molar-refractivity contribution is -0.0703. The molecule has 5 atom stereocenters. The van der Waals surface area contributed by atoms with E-state index in [9.17, 15) is 10.1 Å². The summed E-state index contributed by atoms with van der Waals surface area (Å²) in [5, 5.41) is 20.4. The van der Waals surface area contributed by atoms with Crippen LogP contribution in [0.25, 0.3) is 0 Å².